The Balaban J connectivity index is 0.000000258. The van der Waals surface area contributed by atoms with E-state index in [1.807, 2.05) is 243 Å². The van der Waals surface area contributed by atoms with Crippen LogP contribution in [0.25, 0.3) is 0 Å². The van der Waals surface area contributed by atoms with Crippen LogP contribution < -0.4 is 42.4 Å². The summed E-state index contributed by atoms with van der Waals surface area (Å²) in [6, 6.07) is 74.7. The molecule has 8 rings (SSSR count). The van der Waals surface area contributed by atoms with Gasteiger partial charge < -0.3 is 0 Å². The van der Waals surface area contributed by atoms with Crippen LogP contribution in [0.2, 0.25) is 0 Å². The molecule has 0 saturated carbocycles. The van der Waals surface area contributed by atoms with E-state index in [2.05, 4.69) is 71.5 Å². The molecule has 0 aliphatic heterocycles. The fraction of sp³-hybridized carbons (Fsp3) is 0. The standard InChI is InChI=1S/2C25H20O2P2Se.4ClH.3Cu/c2*26-28(21-13-5-1-6-14-21,22-15-7-2-8-16-22)25(30)29(27,23-17-9-3-10-18-23)24-19-11-4-12-20-24;;;;;;;/h2*1-20H;4*1H;;;/q;;;;;;2*+1;+2/p-4. The molecule has 1 radical (unpaired) electrons. The Bertz CT molecular complexity index is 2390. The summed E-state index contributed by atoms with van der Waals surface area (Å²) >= 11 is 7.60. The summed E-state index contributed by atoms with van der Waals surface area (Å²) in [5.74, 6) is 0. The first-order valence-corrected chi connectivity index (χ1v) is 33.3. The smallest absolute Gasteiger partial charge is 2.00 e. The summed E-state index contributed by atoms with van der Waals surface area (Å²) in [4.78, 5) is 0. The summed E-state index contributed by atoms with van der Waals surface area (Å²) in [5.41, 5.74) is 0. The Labute approximate surface area is 449 Å². The van der Waals surface area contributed by atoms with Crippen LogP contribution in [0.5, 0.6) is 0 Å². The maximum atomic E-state index is 14.9. The number of halogens is 4. The van der Waals surface area contributed by atoms with Gasteiger partial charge in [-0.25, -0.2) is 0 Å². The molecule has 0 atom stereocenters. The van der Waals surface area contributed by atoms with Gasteiger partial charge in [-0.3, -0.25) is 0 Å². The van der Waals surface area contributed by atoms with Gasteiger partial charge in [0.25, 0.3) is 0 Å². The van der Waals surface area contributed by atoms with E-state index < -0.39 is 28.6 Å². The van der Waals surface area contributed by atoms with E-state index >= 15 is 0 Å². The molecule has 0 bridgehead atoms. The van der Waals surface area contributed by atoms with E-state index in [1.54, 1.807) is 0 Å². The van der Waals surface area contributed by atoms with E-state index in [1.165, 1.54) is 0 Å². The zero-order valence-electron chi connectivity index (χ0n) is 34.7. The van der Waals surface area contributed by atoms with Gasteiger partial charge in [0, 0.05) is 0 Å². The van der Waals surface area contributed by atoms with Gasteiger partial charge in [-0.1, -0.05) is 0 Å². The number of hydrogen-bond acceptors (Lipinski definition) is 4. The molecule has 8 aromatic carbocycles. The van der Waals surface area contributed by atoms with Crippen molar-refractivity contribution in [2.24, 2.45) is 0 Å². The molecule has 0 aromatic heterocycles. The van der Waals surface area contributed by atoms with Crippen LogP contribution in [0.15, 0.2) is 243 Å². The normalized spacial score (nSPS) is 11.2. The minimum Gasteiger partial charge on any atom is 2.00 e. The Hall–Kier alpha value is -1.82. The van der Waals surface area contributed by atoms with Gasteiger partial charge in [-0.2, -0.15) is 0 Å². The van der Waals surface area contributed by atoms with Crippen LogP contribution in [0, 0.1) is 0 Å². The first-order valence-electron chi connectivity index (χ1n) is 19.6. The molecule has 0 saturated heterocycles. The topological polar surface area (TPSA) is 68.3 Å². The quantitative estimate of drug-likeness (QED) is 0.0903. The summed E-state index contributed by atoms with van der Waals surface area (Å²) in [6.45, 7) is 0. The average molecular weight is 1320 g/mol. The van der Waals surface area contributed by atoms with E-state index in [0.717, 1.165) is 26.3 Å². The molecule has 0 unspecified atom stereocenters. The van der Waals surface area contributed by atoms with Crippen molar-refractivity contribution in [1.29, 1.82) is 0 Å². The van der Waals surface area contributed by atoms with E-state index in [-0.39, 0.29) is 17.1 Å². The Morgan fingerprint density at radius 3 is 0.448 bits per heavy atom. The molecule has 0 heterocycles. The van der Waals surface area contributed by atoms with Crippen molar-refractivity contribution in [2.45, 2.75) is 0 Å². The summed E-state index contributed by atoms with van der Waals surface area (Å²) in [6.07, 6.45) is 0. The van der Waals surface area contributed by atoms with Gasteiger partial charge in [-0.15, -0.1) is 0 Å². The molecule has 0 N–H and O–H groups in total. The monoisotopic (exact) mass is 1320 g/mol. The van der Waals surface area contributed by atoms with Gasteiger partial charge in [-0.05, 0) is 0 Å². The first-order chi connectivity index (χ1) is 32.0. The number of rotatable bonds is 12. The van der Waals surface area contributed by atoms with Crippen molar-refractivity contribution in [3.8, 4) is 0 Å². The molecule has 17 heteroatoms. The fourth-order valence-corrected chi connectivity index (χ4v) is 25.9. The van der Waals surface area contributed by atoms with Gasteiger partial charge in [0.15, 0.2) is 0 Å². The van der Waals surface area contributed by atoms with E-state index in [9.17, 15) is 18.3 Å². The summed E-state index contributed by atoms with van der Waals surface area (Å²) in [7, 11) is 5.20. The molecular formula is C50H40Cl4Cu3O4P4Se2. The fourth-order valence-electron chi connectivity index (χ4n) is 6.98. The van der Waals surface area contributed by atoms with Crippen LogP contribution in [0.3, 0.4) is 0 Å². The Morgan fingerprint density at radius 1 is 0.269 bits per heavy atom. The number of hydrogen-bond donors (Lipinski definition) is 0. The van der Waals surface area contributed by atoms with Gasteiger partial charge in [0.05, 0.1) is 0 Å². The Morgan fingerprint density at radius 2 is 0.358 bits per heavy atom. The third-order valence-corrected chi connectivity index (χ3v) is 30.2. The second kappa shape index (κ2) is 28.9. The van der Waals surface area contributed by atoms with Crippen molar-refractivity contribution < 1.29 is 61.6 Å². The minimum absolute atomic E-state index is 0. The second-order valence-electron chi connectivity index (χ2n) is 13.8. The molecule has 357 valence electrons. The molecule has 67 heavy (non-hydrogen) atoms. The van der Waals surface area contributed by atoms with Gasteiger partial charge in [0.2, 0.25) is 0 Å². The molecule has 0 amide bonds. The van der Waals surface area contributed by atoms with Crippen LogP contribution in [0.1, 0.15) is 0 Å². The van der Waals surface area contributed by atoms with Crippen molar-refractivity contribution in [3.63, 3.8) is 0 Å². The molecular weight excluding hydrogens is 1280 g/mol. The zero-order valence-corrected chi connectivity index (χ0v) is 47.6. The van der Waals surface area contributed by atoms with Crippen molar-refractivity contribution >= 4 is 150 Å². The van der Waals surface area contributed by atoms with Crippen LogP contribution >= 0.6 is 69.0 Å². The van der Waals surface area contributed by atoms with Gasteiger partial charge >= 0.3 is 455 Å². The summed E-state index contributed by atoms with van der Waals surface area (Å²) < 4.78 is 60.3. The SMILES string of the molecule is O=P(C(=[Se])P(=O)(c1ccccc1)c1ccccc1)(c1ccccc1)c1ccccc1.O=P(C(=[Se])P(=O)(c1ccccc1)c1ccccc1)(c1ccccc1)c1ccccc1.[Cl][Cu-][Cl].[Cl][Cu-][Cl].[Cu+2]. The predicted octanol–water partition coefficient (Wildman–Crippen LogP) is 11.3. The maximum absolute atomic E-state index is 14.9. The van der Waals surface area contributed by atoms with Crippen LogP contribution in [-0.4, -0.2) is 39.0 Å². The summed E-state index contributed by atoms with van der Waals surface area (Å²) in [5, 5.41) is 5.31. The molecule has 8 aromatic rings. The van der Waals surface area contributed by atoms with E-state index in [0.29, 0.717) is 50.2 Å². The molecule has 0 spiro atoms. The van der Waals surface area contributed by atoms with Crippen LogP contribution in [-0.2, 0) is 61.6 Å². The van der Waals surface area contributed by atoms with Crippen molar-refractivity contribution in [3.05, 3.63) is 243 Å². The zero-order chi connectivity index (χ0) is 47.5. The van der Waals surface area contributed by atoms with Gasteiger partial charge in [0.1, 0.15) is 0 Å². The number of benzene rings is 8. The van der Waals surface area contributed by atoms with Crippen molar-refractivity contribution in [1.82, 2.24) is 0 Å². The van der Waals surface area contributed by atoms with E-state index in [4.69, 9.17) is 0 Å². The van der Waals surface area contributed by atoms with Crippen LogP contribution in [0.4, 0.5) is 0 Å². The second-order valence-corrected chi connectivity index (χ2v) is 32.8. The minimum atomic E-state index is -3.37. The predicted molar refractivity (Wildman–Crippen MR) is 284 cm³/mol. The largest absolute Gasteiger partial charge is 2.00 e. The maximum Gasteiger partial charge on any atom is 2.00 e. The molecule has 0 fully saturated rings. The third kappa shape index (κ3) is 13.8. The Kier molecular flexibility index (Phi) is 24.9. The first kappa shape index (κ1) is 57.8. The molecule has 0 aliphatic rings. The van der Waals surface area contributed by atoms with Crippen molar-refractivity contribution in [2.75, 3.05) is 0 Å². The third-order valence-electron chi connectivity index (χ3n) is 10.0. The molecule has 0 aliphatic carbocycles. The molecule has 4 nitrogen and oxygen atoms in total. The average Bonchev–Trinajstić information content (AvgIpc) is 3.40.